The summed E-state index contributed by atoms with van der Waals surface area (Å²) >= 11 is 0. The fraction of sp³-hybridized carbons (Fsp3) is 0.727. The number of hydrogen-bond donors (Lipinski definition) is 1. The Balaban J connectivity index is 1.95. The zero-order valence-corrected chi connectivity index (χ0v) is 9.16. The zero-order valence-electron chi connectivity index (χ0n) is 9.16. The van der Waals surface area contributed by atoms with Crippen molar-refractivity contribution in [2.24, 2.45) is 0 Å². The van der Waals surface area contributed by atoms with Crippen molar-refractivity contribution in [1.29, 1.82) is 0 Å². The van der Waals surface area contributed by atoms with E-state index in [0.717, 1.165) is 44.9 Å². The summed E-state index contributed by atoms with van der Waals surface area (Å²) in [6.45, 7) is 5.66. The summed E-state index contributed by atoms with van der Waals surface area (Å²) in [5.41, 5.74) is 1.18. The van der Waals surface area contributed by atoms with E-state index in [2.05, 4.69) is 17.4 Å². The van der Waals surface area contributed by atoms with Crippen molar-refractivity contribution in [3.63, 3.8) is 0 Å². The Morgan fingerprint density at radius 1 is 1.60 bits per heavy atom. The maximum absolute atomic E-state index is 5.35. The Kier molecular flexibility index (Phi) is 3.75. The number of rotatable bonds is 5. The van der Waals surface area contributed by atoms with Crippen molar-refractivity contribution in [2.75, 3.05) is 19.8 Å². The number of nitrogens with zero attached hydrogens (tertiary/aromatic N) is 1. The van der Waals surface area contributed by atoms with Gasteiger partial charge in [0, 0.05) is 24.6 Å². The van der Waals surface area contributed by atoms with Crippen LogP contribution in [0.15, 0.2) is 10.7 Å². The van der Waals surface area contributed by atoms with Gasteiger partial charge in [0.05, 0.1) is 12.8 Å². The lowest BCUT2D eigenvalue weighted by atomic mass is 10.0. The molecule has 0 saturated carbocycles. The predicted octanol–water partition coefficient (Wildman–Crippen LogP) is 1.68. The van der Waals surface area contributed by atoms with Crippen LogP contribution in [0.2, 0.25) is 0 Å². The first-order valence-corrected chi connectivity index (χ1v) is 5.63. The maximum Gasteiger partial charge on any atom is 0.146 e. The Bertz CT molecular complexity index is 293. The summed E-state index contributed by atoms with van der Waals surface area (Å²) in [6.07, 6.45) is 4.01. The Morgan fingerprint density at radius 3 is 3.27 bits per heavy atom. The van der Waals surface area contributed by atoms with Gasteiger partial charge in [-0.15, -0.1) is 0 Å². The Labute approximate surface area is 90.0 Å². The number of nitrogens with one attached hydrogen (secondary N) is 1. The van der Waals surface area contributed by atoms with Crippen LogP contribution in [-0.2, 0) is 11.3 Å². The average Bonchev–Trinajstić information content (AvgIpc) is 2.87. The van der Waals surface area contributed by atoms with Gasteiger partial charge < -0.3 is 14.6 Å². The van der Waals surface area contributed by atoms with E-state index in [-0.39, 0.29) is 0 Å². The lowest BCUT2D eigenvalue weighted by Gasteiger charge is -2.06. The summed E-state index contributed by atoms with van der Waals surface area (Å²) in [4.78, 5) is 0. The van der Waals surface area contributed by atoms with Gasteiger partial charge in [0.15, 0.2) is 0 Å². The largest absolute Gasteiger partial charge is 0.381 e. The van der Waals surface area contributed by atoms with E-state index in [0.29, 0.717) is 5.92 Å². The van der Waals surface area contributed by atoms with Crippen LogP contribution in [0.5, 0.6) is 0 Å². The van der Waals surface area contributed by atoms with Gasteiger partial charge in [-0.25, -0.2) is 0 Å². The number of aromatic nitrogens is 1. The van der Waals surface area contributed by atoms with Crippen molar-refractivity contribution in [2.45, 2.75) is 32.2 Å². The van der Waals surface area contributed by atoms with Gasteiger partial charge >= 0.3 is 0 Å². The average molecular weight is 210 g/mol. The van der Waals surface area contributed by atoms with E-state index >= 15 is 0 Å². The van der Waals surface area contributed by atoms with Crippen LogP contribution < -0.4 is 5.32 Å². The van der Waals surface area contributed by atoms with E-state index in [1.165, 1.54) is 5.56 Å². The van der Waals surface area contributed by atoms with Crippen molar-refractivity contribution in [3.8, 4) is 0 Å². The minimum Gasteiger partial charge on any atom is -0.381 e. The summed E-state index contributed by atoms with van der Waals surface area (Å²) in [6, 6.07) is 0. The fourth-order valence-electron chi connectivity index (χ4n) is 1.88. The minimum atomic E-state index is 0.408. The van der Waals surface area contributed by atoms with Crippen molar-refractivity contribution < 1.29 is 9.26 Å². The van der Waals surface area contributed by atoms with Crippen LogP contribution in [0, 0.1) is 0 Å². The summed E-state index contributed by atoms with van der Waals surface area (Å²) in [7, 11) is 0. The maximum atomic E-state index is 5.35. The second-order valence-corrected chi connectivity index (χ2v) is 3.95. The molecule has 1 fully saturated rings. The first-order valence-electron chi connectivity index (χ1n) is 5.63. The normalized spacial score (nSPS) is 21.0. The molecular weight excluding hydrogens is 192 g/mol. The third-order valence-corrected chi connectivity index (χ3v) is 2.72. The second-order valence-electron chi connectivity index (χ2n) is 3.95. The topological polar surface area (TPSA) is 47.3 Å². The molecule has 0 aliphatic carbocycles. The minimum absolute atomic E-state index is 0.408. The zero-order chi connectivity index (χ0) is 10.5. The smallest absolute Gasteiger partial charge is 0.146 e. The molecule has 1 aromatic rings. The lowest BCUT2D eigenvalue weighted by molar-refractivity contribution is 0.189. The molecule has 0 aromatic carbocycles. The lowest BCUT2D eigenvalue weighted by Crippen LogP contribution is -2.15. The third kappa shape index (κ3) is 2.58. The fourth-order valence-corrected chi connectivity index (χ4v) is 1.88. The van der Waals surface area contributed by atoms with E-state index in [1.807, 2.05) is 6.20 Å². The molecule has 1 aliphatic rings. The molecule has 2 rings (SSSR count). The molecule has 2 heterocycles. The van der Waals surface area contributed by atoms with Gasteiger partial charge in [-0.1, -0.05) is 12.1 Å². The van der Waals surface area contributed by atoms with Crippen molar-refractivity contribution in [1.82, 2.24) is 10.5 Å². The predicted molar refractivity (Wildman–Crippen MR) is 56.7 cm³/mol. The highest BCUT2D eigenvalue weighted by atomic mass is 16.5. The van der Waals surface area contributed by atoms with E-state index < -0.39 is 0 Å². The van der Waals surface area contributed by atoms with Crippen LogP contribution in [0.25, 0.3) is 0 Å². The SMILES string of the molecule is CCCNCc1cnoc1C1CCOC1. The standard InChI is InChI=1S/C11H18N2O2/c1-2-4-12-6-10-7-13-15-11(10)9-3-5-14-8-9/h7,9,12H,2-6,8H2,1H3. The molecule has 1 aliphatic heterocycles. The molecule has 4 heteroatoms. The van der Waals surface area contributed by atoms with E-state index in [4.69, 9.17) is 9.26 Å². The molecule has 1 N–H and O–H groups in total. The molecule has 0 amide bonds. The third-order valence-electron chi connectivity index (χ3n) is 2.72. The molecule has 4 nitrogen and oxygen atoms in total. The van der Waals surface area contributed by atoms with Crippen LogP contribution in [-0.4, -0.2) is 24.9 Å². The van der Waals surface area contributed by atoms with Crippen LogP contribution in [0.4, 0.5) is 0 Å². The van der Waals surface area contributed by atoms with E-state index in [1.54, 1.807) is 0 Å². The quantitative estimate of drug-likeness (QED) is 0.751. The Morgan fingerprint density at radius 2 is 2.53 bits per heavy atom. The molecule has 84 valence electrons. The molecule has 0 bridgehead atoms. The highest BCUT2D eigenvalue weighted by molar-refractivity contribution is 5.18. The molecule has 1 saturated heterocycles. The Hall–Kier alpha value is -0.870. The first-order chi connectivity index (χ1) is 7.42. The summed E-state index contributed by atoms with van der Waals surface area (Å²) < 4.78 is 10.7. The van der Waals surface area contributed by atoms with Crippen LogP contribution >= 0.6 is 0 Å². The monoisotopic (exact) mass is 210 g/mol. The highest BCUT2D eigenvalue weighted by Crippen LogP contribution is 2.27. The van der Waals surface area contributed by atoms with E-state index in [9.17, 15) is 0 Å². The van der Waals surface area contributed by atoms with Crippen molar-refractivity contribution in [3.05, 3.63) is 17.5 Å². The highest BCUT2D eigenvalue weighted by Gasteiger charge is 2.24. The van der Waals surface area contributed by atoms with Gasteiger partial charge in [0.1, 0.15) is 5.76 Å². The molecule has 0 radical (unpaired) electrons. The van der Waals surface area contributed by atoms with Gasteiger partial charge in [0.2, 0.25) is 0 Å². The summed E-state index contributed by atoms with van der Waals surface area (Å²) in [5.74, 6) is 1.42. The van der Waals surface area contributed by atoms with Gasteiger partial charge in [0.25, 0.3) is 0 Å². The molecule has 1 aromatic heterocycles. The first kappa shape index (κ1) is 10.6. The molecule has 1 unspecified atom stereocenters. The van der Waals surface area contributed by atoms with Crippen LogP contribution in [0.1, 0.15) is 37.0 Å². The summed E-state index contributed by atoms with van der Waals surface area (Å²) in [5, 5.41) is 7.24. The number of ether oxygens (including phenoxy) is 1. The molecule has 1 atom stereocenters. The number of hydrogen-bond acceptors (Lipinski definition) is 4. The second kappa shape index (κ2) is 5.28. The van der Waals surface area contributed by atoms with Gasteiger partial charge in [-0.05, 0) is 19.4 Å². The van der Waals surface area contributed by atoms with Crippen molar-refractivity contribution >= 4 is 0 Å². The molecule has 15 heavy (non-hydrogen) atoms. The van der Waals surface area contributed by atoms with Crippen LogP contribution in [0.3, 0.4) is 0 Å². The van der Waals surface area contributed by atoms with Gasteiger partial charge in [-0.3, -0.25) is 0 Å². The molecule has 0 spiro atoms. The van der Waals surface area contributed by atoms with Gasteiger partial charge in [-0.2, -0.15) is 0 Å². The molecular formula is C11H18N2O2.